The van der Waals surface area contributed by atoms with Crippen LogP contribution in [0.3, 0.4) is 0 Å². The van der Waals surface area contributed by atoms with Crippen LogP contribution in [0.4, 0.5) is 0 Å². The van der Waals surface area contributed by atoms with E-state index in [0.29, 0.717) is 6.73 Å². The SMILES string of the molecule is CCCC(NCOCOC)C(=O)NC(C)C. The summed E-state index contributed by atoms with van der Waals surface area (Å²) in [6, 6.07) is -0.0298. The van der Waals surface area contributed by atoms with Gasteiger partial charge in [0, 0.05) is 13.2 Å². The Bertz CT molecular complexity index is 186. The first-order chi connectivity index (χ1) is 7.61. The van der Waals surface area contributed by atoms with Crippen molar-refractivity contribution in [3.8, 4) is 0 Å². The van der Waals surface area contributed by atoms with Crippen molar-refractivity contribution in [2.75, 3.05) is 20.6 Å². The number of hydrogen-bond acceptors (Lipinski definition) is 4. The second-order valence-corrected chi connectivity index (χ2v) is 3.96. The molecule has 0 fully saturated rings. The molecule has 0 rings (SSSR count). The lowest BCUT2D eigenvalue weighted by Crippen LogP contribution is -2.47. The molecule has 96 valence electrons. The summed E-state index contributed by atoms with van der Waals surface area (Å²) >= 11 is 0. The molecule has 16 heavy (non-hydrogen) atoms. The summed E-state index contributed by atoms with van der Waals surface area (Å²) < 4.78 is 9.85. The van der Waals surface area contributed by atoms with Crippen LogP contribution in [0.25, 0.3) is 0 Å². The van der Waals surface area contributed by atoms with Gasteiger partial charge in [0.05, 0.1) is 12.8 Å². The van der Waals surface area contributed by atoms with Gasteiger partial charge < -0.3 is 14.8 Å². The van der Waals surface area contributed by atoms with Crippen LogP contribution in [0.15, 0.2) is 0 Å². The van der Waals surface area contributed by atoms with E-state index >= 15 is 0 Å². The molecule has 1 unspecified atom stereocenters. The quantitative estimate of drug-likeness (QED) is 0.457. The molecule has 2 N–H and O–H groups in total. The highest BCUT2D eigenvalue weighted by molar-refractivity contribution is 5.81. The molecule has 0 aromatic heterocycles. The third-order valence-electron chi connectivity index (χ3n) is 1.96. The maximum atomic E-state index is 11.7. The fourth-order valence-corrected chi connectivity index (χ4v) is 1.28. The van der Waals surface area contributed by atoms with Crippen LogP contribution in [-0.2, 0) is 14.3 Å². The van der Waals surface area contributed by atoms with Crippen LogP contribution in [0.1, 0.15) is 33.6 Å². The fourth-order valence-electron chi connectivity index (χ4n) is 1.28. The number of rotatable bonds is 9. The number of hydrogen-bond donors (Lipinski definition) is 2. The highest BCUT2D eigenvalue weighted by Crippen LogP contribution is 1.97. The first-order valence-electron chi connectivity index (χ1n) is 5.72. The topological polar surface area (TPSA) is 59.6 Å². The Morgan fingerprint density at radius 3 is 2.56 bits per heavy atom. The van der Waals surface area contributed by atoms with E-state index in [1.807, 2.05) is 20.8 Å². The van der Waals surface area contributed by atoms with Crippen LogP contribution in [0.5, 0.6) is 0 Å². The van der Waals surface area contributed by atoms with Gasteiger partial charge in [-0.25, -0.2) is 0 Å². The van der Waals surface area contributed by atoms with Crippen molar-refractivity contribution in [3.63, 3.8) is 0 Å². The molecule has 0 bridgehead atoms. The maximum absolute atomic E-state index is 11.7. The smallest absolute Gasteiger partial charge is 0.237 e. The van der Waals surface area contributed by atoms with Gasteiger partial charge >= 0.3 is 0 Å². The van der Waals surface area contributed by atoms with E-state index in [-0.39, 0.29) is 24.8 Å². The second-order valence-electron chi connectivity index (χ2n) is 3.96. The zero-order valence-corrected chi connectivity index (χ0v) is 10.7. The van der Waals surface area contributed by atoms with Gasteiger partial charge in [0.15, 0.2) is 0 Å². The van der Waals surface area contributed by atoms with E-state index in [1.165, 1.54) is 0 Å². The van der Waals surface area contributed by atoms with Crippen LogP contribution >= 0.6 is 0 Å². The van der Waals surface area contributed by atoms with Crippen molar-refractivity contribution in [2.24, 2.45) is 0 Å². The molecule has 0 heterocycles. The first-order valence-corrected chi connectivity index (χ1v) is 5.72. The van der Waals surface area contributed by atoms with E-state index in [0.717, 1.165) is 12.8 Å². The summed E-state index contributed by atoms with van der Waals surface area (Å²) in [5.74, 6) is 0.0258. The molecule has 0 aliphatic heterocycles. The summed E-state index contributed by atoms with van der Waals surface area (Å²) in [4.78, 5) is 11.7. The molecule has 0 spiro atoms. The van der Waals surface area contributed by atoms with Crippen molar-refractivity contribution < 1.29 is 14.3 Å². The highest BCUT2D eigenvalue weighted by atomic mass is 16.7. The largest absolute Gasteiger partial charge is 0.359 e. The number of methoxy groups -OCH3 is 1. The molecule has 0 aliphatic carbocycles. The summed E-state index contributed by atoms with van der Waals surface area (Å²) in [6.07, 6.45) is 1.75. The Kier molecular flexibility index (Phi) is 9.18. The van der Waals surface area contributed by atoms with E-state index in [9.17, 15) is 4.79 Å². The normalized spacial score (nSPS) is 12.8. The third kappa shape index (κ3) is 7.62. The number of carbonyl (C=O) groups excluding carboxylic acids is 1. The molecular weight excluding hydrogens is 208 g/mol. The van der Waals surface area contributed by atoms with Crippen molar-refractivity contribution >= 4 is 5.91 Å². The van der Waals surface area contributed by atoms with Gasteiger partial charge in [0.1, 0.15) is 6.79 Å². The lowest BCUT2D eigenvalue weighted by Gasteiger charge is -2.19. The predicted molar refractivity (Wildman–Crippen MR) is 62.9 cm³/mol. The van der Waals surface area contributed by atoms with Gasteiger partial charge in [-0.15, -0.1) is 0 Å². The summed E-state index contributed by atoms with van der Waals surface area (Å²) in [5.41, 5.74) is 0. The zero-order chi connectivity index (χ0) is 12.4. The van der Waals surface area contributed by atoms with Crippen molar-refractivity contribution in [2.45, 2.75) is 45.7 Å². The molecule has 0 aliphatic rings. The summed E-state index contributed by atoms with van der Waals surface area (Å²) in [6.45, 7) is 6.50. The fraction of sp³-hybridized carbons (Fsp3) is 0.909. The lowest BCUT2D eigenvalue weighted by atomic mass is 10.1. The van der Waals surface area contributed by atoms with Crippen molar-refractivity contribution in [1.29, 1.82) is 0 Å². The average Bonchev–Trinajstić information content (AvgIpc) is 2.21. The minimum atomic E-state index is -0.191. The first kappa shape index (κ1) is 15.3. The average molecular weight is 232 g/mol. The Hall–Kier alpha value is -0.650. The van der Waals surface area contributed by atoms with Gasteiger partial charge in [-0.1, -0.05) is 13.3 Å². The molecule has 0 aromatic rings. The van der Waals surface area contributed by atoms with Crippen molar-refractivity contribution in [1.82, 2.24) is 10.6 Å². The minimum absolute atomic E-state index is 0.0258. The Morgan fingerprint density at radius 2 is 2.06 bits per heavy atom. The van der Waals surface area contributed by atoms with E-state index in [4.69, 9.17) is 9.47 Å². The van der Waals surface area contributed by atoms with E-state index in [2.05, 4.69) is 10.6 Å². The highest BCUT2D eigenvalue weighted by Gasteiger charge is 2.16. The lowest BCUT2D eigenvalue weighted by molar-refractivity contribution is -0.125. The Balaban J connectivity index is 3.90. The molecule has 1 atom stereocenters. The second kappa shape index (κ2) is 9.57. The van der Waals surface area contributed by atoms with Crippen LogP contribution in [0, 0.1) is 0 Å². The maximum Gasteiger partial charge on any atom is 0.237 e. The Labute approximate surface area is 97.9 Å². The van der Waals surface area contributed by atoms with Gasteiger partial charge in [-0.3, -0.25) is 10.1 Å². The standard InChI is InChI=1S/C11H24N2O3/c1-5-6-10(11(14)13-9(2)3)12-7-16-8-15-4/h9-10,12H,5-8H2,1-4H3,(H,13,14). The molecule has 0 saturated carbocycles. The number of ether oxygens (including phenoxy) is 2. The van der Waals surface area contributed by atoms with Crippen LogP contribution in [-0.4, -0.2) is 38.6 Å². The van der Waals surface area contributed by atoms with Crippen LogP contribution in [0.2, 0.25) is 0 Å². The van der Waals surface area contributed by atoms with Gasteiger partial charge in [0.25, 0.3) is 0 Å². The van der Waals surface area contributed by atoms with E-state index < -0.39 is 0 Å². The molecule has 5 nitrogen and oxygen atoms in total. The zero-order valence-electron chi connectivity index (χ0n) is 10.7. The monoisotopic (exact) mass is 232 g/mol. The summed E-state index contributed by atoms with van der Waals surface area (Å²) in [5, 5.41) is 5.93. The molecular formula is C11H24N2O3. The molecule has 1 amide bonds. The Morgan fingerprint density at radius 1 is 1.38 bits per heavy atom. The molecule has 5 heteroatoms. The molecule has 0 radical (unpaired) electrons. The van der Waals surface area contributed by atoms with Crippen LogP contribution < -0.4 is 10.6 Å². The van der Waals surface area contributed by atoms with Gasteiger partial charge in [0.2, 0.25) is 5.91 Å². The number of carbonyl (C=O) groups is 1. The predicted octanol–water partition coefficient (Wildman–Crippen LogP) is 0.847. The molecule has 0 aromatic carbocycles. The van der Waals surface area contributed by atoms with Gasteiger partial charge in [-0.2, -0.15) is 0 Å². The third-order valence-corrected chi connectivity index (χ3v) is 1.96. The molecule has 0 saturated heterocycles. The minimum Gasteiger partial charge on any atom is -0.359 e. The number of amides is 1. The van der Waals surface area contributed by atoms with E-state index in [1.54, 1.807) is 7.11 Å². The van der Waals surface area contributed by atoms with Crippen molar-refractivity contribution in [3.05, 3.63) is 0 Å². The number of nitrogens with one attached hydrogen (secondary N) is 2. The van der Waals surface area contributed by atoms with Gasteiger partial charge in [-0.05, 0) is 20.3 Å². The summed E-state index contributed by atoms with van der Waals surface area (Å²) in [7, 11) is 1.56.